The number of nitrogens with two attached hydrogens (primary N) is 1. The van der Waals surface area contributed by atoms with Crippen LogP contribution < -0.4 is 5.32 Å². The lowest BCUT2D eigenvalue weighted by Gasteiger charge is -2.39. The largest absolute Gasteiger partial charge is 0.332 e. The molecule has 1 fully saturated rings. The summed E-state index contributed by atoms with van der Waals surface area (Å²) in [7, 11) is 1.80. The molecule has 0 spiro atoms. The summed E-state index contributed by atoms with van der Waals surface area (Å²) < 4.78 is 13.0. The predicted octanol–water partition coefficient (Wildman–Crippen LogP) is 0.525. The van der Waals surface area contributed by atoms with Gasteiger partial charge in [-0.15, -0.1) is 12.6 Å². The zero-order valence-electron chi connectivity index (χ0n) is 14.9. The molecule has 0 saturated carbocycles. The molecule has 2 rings (SSSR count). The summed E-state index contributed by atoms with van der Waals surface area (Å²) in [5.74, 6) is -0.808. The molecule has 0 aliphatic carbocycles. The molecule has 0 radical (unpaired) electrons. The van der Waals surface area contributed by atoms with E-state index in [1.165, 1.54) is 24.3 Å². The van der Waals surface area contributed by atoms with E-state index in [-0.39, 0.29) is 35.8 Å². The van der Waals surface area contributed by atoms with Gasteiger partial charge in [-0.2, -0.15) is 0 Å². The van der Waals surface area contributed by atoms with Gasteiger partial charge in [0.1, 0.15) is 17.7 Å². The first-order valence-corrected chi connectivity index (χ1v) is 8.87. The van der Waals surface area contributed by atoms with Crippen molar-refractivity contribution in [1.29, 1.82) is 5.41 Å². The minimum Gasteiger partial charge on any atom is -0.332 e. The Kier molecular flexibility index (Phi) is 7.07. The first kappa shape index (κ1) is 20.3. The number of hydrogen-bond donors (Lipinski definition) is 3. The number of hydrogen-bond acceptors (Lipinski definition) is 5. The number of amides is 1. The topological polar surface area (TPSA) is 81.1 Å². The minimum absolute atomic E-state index is 0.0798. The van der Waals surface area contributed by atoms with Crippen molar-refractivity contribution in [2.75, 3.05) is 33.2 Å². The van der Waals surface area contributed by atoms with Crippen molar-refractivity contribution in [2.24, 2.45) is 0 Å². The number of quaternary nitrogens is 1. The number of rotatable bonds is 6. The average molecular weight is 379 g/mol. The van der Waals surface area contributed by atoms with Gasteiger partial charge in [0.15, 0.2) is 5.78 Å². The highest BCUT2D eigenvalue weighted by molar-refractivity contribution is 7.85. The van der Waals surface area contributed by atoms with E-state index >= 15 is 0 Å². The number of ketones is 1. The van der Waals surface area contributed by atoms with E-state index in [0.29, 0.717) is 30.1 Å². The molecule has 26 heavy (non-hydrogen) atoms. The van der Waals surface area contributed by atoms with Crippen molar-refractivity contribution in [3.63, 3.8) is 0 Å². The van der Waals surface area contributed by atoms with Crippen molar-refractivity contribution in [3.8, 4) is 0 Å². The number of benzene rings is 1. The van der Waals surface area contributed by atoms with Gasteiger partial charge in [0.2, 0.25) is 0 Å². The number of piperazine rings is 1. The van der Waals surface area contributed by atoms with E-state index in [1.54, 1.807) is 23.5 Å². The Morgan fingerprint density at radius 2 is 2.00 bits per heavy atom. The highest BCUT2D eigenvalue weighted by Gasteiger charge is 2.31. The van der Waals surface area contributed by atoms with Crippen LogP contribution in [0.2, 0.25) is 0 Å². The number of nitrogens with zero attached hydrogens (tertiary/aromatic N) is 2. The van der Waals surface area contributed by atoms with Crippen molar-refractivity contribution in [1.82, 2.24) is 9.80 Å². The third-order valence-electron chi connectivity index (χ3n) is 4.30. The van der Waals surface area contributed by atoms with Crippen LogP contribution in [0.25, 0.3) is 0 Å². The Morgan fingerprint density at radius 1 is 1.35 bits per heavy atom. The second-order valence-corrected chi connectivity index (χ2v) is 6.75. The molecule has 1 aromatic rings. The molecule has 3 N–H and O–H groups in total. The van der Waals surface area contributed by atoms with E-state index in [2.05, 4.69) is 12.6 Å². The first-order valence-electron chi connectivity index (χ1n) is 8.43. The maximum atomic E-state index is 13.0. The Bertz CT molecular complexity index is 720. The van der Waals surface area contributed by atoms with E-state index in [9.17, 15) is 14.0 Å². The highest BCUT2D eigenvalue weighted by atomic mass is 32.1. The van der Waals surface area contributed by atoms with Crippen molar-refractivity contribution in [3.05, 3.63) is 46.8 Å². The third kappa shape index (κ3) is 5.00. The van der Waals surface area contributed by atoms with Crippen LogP contribution >= 0.6 is 12.6 Å². The quantitative estimate of drug-likeness (QED) is 0.383. The zero-order valence-corrected chi connectivity index (χ0v) is 15.8. The van der Waals surface area contributed by atoms with Crippen LogP contribution in [0.15, 0.2) is 35.4 Å². The van der Waals surface area contributed by atoms with Crippen LogP contribution in [0, 0.1) is 11.2 Å². The van der Waals surface area contributed by atoms with E-state index in [4.69, 9.17) is 5.41 Å². The molecule has 0 aromatic heterocycles. The van der Waals surface area contributed by atoms with Gasteiger partial charge in [-0.3, -0.25) is 19.9 Å². The van der Waals surface area contributed by atoms with Gasteiger partial charge < -0.3 is 10.2 Å². The molecular weight excluding hydrogens is 355 g/mol. The summed E-state index contributed by atoms with van der Waals surface area (Å²) in [4.78, 5) is 28.7. The van der Waals surface area contributed by atoms with Gasteiger partial charge in [-0.25, -0.2) is 4.39 Å². The maximum Gasteiger partial charge on any atom is 0.273 e. The third-order valence-corrected chi connectivity index (χ3v) is 4.67. The lowest BCUT2D eigenvalue weighted by atomic mass is 10.1. The molecule has 8 heteroatoms. The van der Waals surface area contributed by atoms with E-state index in [0.717, 1.165) is 0 Å². The monoisotopic (exact) mass is 379 g/mol. The highest BCUT2D eigenvalue weighted by Crippen LogP contribution is 2.14. The van der Waals surface area contributed by atoms with Crippen LogP contribution in [0.3, 0.4) is 0 Å². The molecule has 1 unspecified atom stereocenters. The SMILES string of the molecule is C[NH2+]C=C(S)C(=N)C(=O)N1CCN(CC(=O)c2ccc(F)cc2)CC1C. The minimum atomic E-state index is -0.372. The second-order valence-electron chi connectivity index (χ2n) is 6.27. The Morgan fingerprint density at radius 3 is 2.58 bits per heavy atom. The normalized spacial score (nSPS) is 18.7. The van der Waals surface area contributed by atoms with Crippen molar-refractivity contribution < 1.29 is 19.3 Å². The summed E-state index contributed by atoms with van der Waals surface area (Å²) in [6.45, 7) is 3.64. The summed E-state index contributed by atoms with van der Waals surface area (Å²) in [6.07, 6.45) is 1.62. The summed E-state index contributed by atoms with van der Waals surface area (Å²) >= 11 is 4.18. The standard InChI is InChI=1S/C18H23FN4O2S/c1-12-10-22(11-15(24)13-3-5-14(19)6-4-13)7-8-23(12)18(25)17(20)16(26)9-21-2/h3-6,9,12,20-21,26H,7-8,10-11H2,1-2H3/p+1. The van der Waals surface area contributed by atoms with Crippen LogP contribution in [0.4, 0.5) is 4.39 Å². The summed E-state index contributed by atoms with van der Waals surface area (Å²) in [5, 5.41) is 9.70. The smallest absolute Gasteiger partial charge is 0.273 e. The van der Waals surface area contributed by atoms with Gasteiger partial charge in [-0.05, 0) is 31.2 Å². The Hall–Kier alpha value is -2.03. The molecule has 1 aliphatic heterocycles. The van der Waals surface area contributed by atoms with Crippen molar-refractivity contribution in [2.45, 2.75) is 13.0 Å². The van der Waals surface area contributed by atoms with Crippen molar-refractivity contribution >= 4 is 30.0 Å². The molecule has 1 amide bonds. The molecule has 1 atom stereocenters. The molecule has 140 valence electrons. The molecule has 0 bridgehead atoms. The number of Topliss-reactive ketones (excluding diaryl/α,β-unsaturated/α-hetero) is 1. The molecule has 1 saturated heterocycles. The number of thiol groups is 1. The Labute approximate surface area is 158 Å². The second kappa shape index (κ2) is 9.07. The van der Waals surface area contributed by atoms with Gasteiger partial charge in [0.25, 0.3) is 5.91 Å². The van der Waals surface area contributed by atoms with Gasteiger partial charge in [0.05, 0.1) is 18.5 Å². The summed E-state index contributed by atoms with van der Waals surface area (Å²) in [5.41, 5.74) is 0.342. The number of nitrogens with one attached hydrogen (secondary N) is 1. The first-order chi connectivity index (χ1) is 12.3. The van der Waals surface area contributed by atoms with Crippen LogP contribution in [0.1, 0.15) is 17.3 Å². The molecule has 1 heterocycles. The van der Waals surface area contributed by atoms with E-state index in [1.807, 2.05) is 11.8 Å². The molecule has 1 aromatic carbocycles. The van der Waals surface area contributed by atoms with Gasteiger partial charge in [0, 0.05) is 31.2 Å². The van der Waals surface area contributed by atoms with Gasteiger partial charge >= 0.3 is 0 Å². The lowest BCUT2D eigenvalue weighted by molar-refractivity contribution is -0.556. The van der Waals surface area contributed by atoms with Crippen LogP contribution in [0.5, 0.6) is 0 Å². The fourth-order valence-electron chi connectivity index (χ4n) is 2.90. The summed E-state index contributed by atoms with van der Waals surface area (Å²) in [6, 6.07) is 5.38. The Balaban J connectivity index is 1.94. The molecular formula is C18H24FN4O2S+. The van der Waals surface area contributed by atoms with E-state index < -0.39 is 0 Å². The fourth-order valence-corrected chi connectivity index (χ4v) is 3.15. The predicted molar refractivity (Wildman–Crippen MR) is 101 cm³/mol. The lowest BCUT2D eigenvalue weighted by Crippen LogP contribution is -2.73. The fraction of sp³-hybridized carbons (Fsp3) is 0.389. The number of halogens is 1. The average Bonchev–Trinajstić information content (AvgIpc) is 2.61. The van der Waals surface area contributed by atoms with Crippen LogP contribution in [-0.2, 0) is 4.79 Å². The zero-order chi connectivity index (χ0) is 19.3. The number of carbonyl (C=O) groups excluding carboxylic acids is 2. The van der Waals surface area contributed by atoms with Gasteiger partial charge in [-0.1, -0.05) is 0 Å². The maximum absolute atomic E-state index is 13.0. The molecule has 6 nitrogen and oxygen atoms in total. The molecule has 1 aliphatic rings. The van der Waals surface area contributed by atoms with Crippen LogP contribution in [-0.4, -0.2) is 66.5 Å². The number of carbonyl (C=O) groups is 2.